The fourth-order valence-electron chi connectivity index (χ4n) is 2.50. The Balaban J connectivity index is 1.77. The van der Waals surface area contributed by atoms with E-state index < -0.39 is 0 Å². The Bertz CT molecular complexity index is 373. The largest absolute Gasteiger partial charge is 0.496 e. The Morgan fingerprint density at radius 3 is 2.67 bits per heavy atom. The number of hydrogen-bond donors (Lipinski definition) is 0. The van der Waals surface area contributed by atoms with Crippen LogP contribution in [0.1, 0.15) is 37.7 Å². The van der Waals surface area contributed by atoms with Gasteiger partial charge in [0.15, 0.2) is 0 Å². The van der Waals surface area contributed by atoms with Gasteiger partial charge in [-0.05, 0) is 52.4 Å². The van der Waals surface area contributed by atoms with Gasteiger partial charge in [-0.1, -0.05) is 25.3 Å². The molecule has 0 atom stereocenters. The molecule has 0 saturated heterocycles. The Morgan fingerprint density at radius 1 is 1.22 bits per heavy atom. The highest BCUT2D eigenvalue weighted by Gasteiger charge is 2.13. The summed E-state index contributed by atoms with van der Waals surface area (Å²) in [6.45, 7) is 1.60. The van der Waals surface area contributed by atoms with Gasteiger partial charge >= 0.3 is 0 Å². The Morgan fingerprint density at radius 2 is 2.00 bits per heavy atom. The van der Waals surface area contributed by atoms with Crippen LogP contribution in [0.5, 0.6) is 5.75 Å². The standard InChI is InChI=1S/C15H21BrO2/c1-17-15-8-7-13(9-14(15)16)11-18-10-12-5-3-2-4-6-12/h7-9,12H,2-6,10-11H2,1H3. The smallest absolute Gasteiger partial charge is 0.133 e. The molecular weight excluding hydrogens is 292 g/mol. The molecule has 0 aromatic heterocycles. The average molecular weight is 313 g/mol. The zero-order valence-electron chi connectivity index (χ0n) is 11.0. The summed E-state index contributed by atoms with van der Waals surface area (Å²) in [7, 11) is 1.68. The maximum Gasteiger partial charge on any atom is 0.133 e. The molecule has 1 aromatic carbocycles. The molecule has 2 rings (SSSR count). The lowest BCUT2D eigenvalue weighted by Crippen LogP contribution is -2.13. The highest BCUT2D eigenvalue weighted by atomic mass is 79.9. The topological polar surface area (TPSA) is 18.5 Å². The van der Waals surface area contributed by atoms with Gasteiger partial charge in [0.05, 0.1) is 18.2 Å². The summed E-state index contributed by atoms with van der Waals surface area (Å²) >= 11 is 3.50. The zero-order chi connectivity index (χ0) is 12.8. The first-order valence-corrected chi connectivity index (χ1v) is 7.49. The molecule has 0 amide bonds. The van der Waals surface area contributed by atoms with Gasteiger partial charge in [0, 0.05) is 6.61 Å². The van der Waals surface area contributed by atoms with E-state index in [4.69, 9.17) is 9.47 Å². The van der Waals surface area contributed by atoms with Gasteiger partial charge in [-0.2, -0.15) is 0 Å². The molecule has 1 aromatic rings. The molecule has 100 valence electrons. The van der Waals surface area contributed by atoms with Gasteiger partial charge in [0.25, 0.3) is 0 Å². The molecule has 0 aliphatic heterocycles. The molecule has 2 nitrogen and oxygen atoms in total. The van der Waals surface area contributed by atoms with Crippen molar-refractivity contribution in [2.24, 2.45) is 5.92 Å². The summed E-state index contributed by atoms with van der Waals surface area (Å²) in [4.78, 5) is 0. The van der Waals surface area contributed by atoms with Crippen LogP contribution in [0.2, 0.25) is 0 Å². The van der Waals surface area contributed by atoms with Crippen molar-refractivity contribution >= 4 is 15.9 Å². The third-order valence-electron chi connectivity index (χ3n) is 3.56. The van der Waals surface area contributed by atoms with Gasteiger partial charge in [-0.25, -0.2) is 0 Å². The van der Waals surface area contributed by atoms with Crippen LogP contribution in [0.3, 0.4) is 0 Å². The first-order valence-electron chi connectivity index (χ1n) is 6.70. The molecule has 0 radical (unpaired) electrons. The molecule has 3 heteroatoms. The van der Waals surface area contributed by atoms with Crippen molar-refractivity contribution in [3.8, 4) is 5.75 Å². The van der Waals surface area contributed by atoms with Crippen LogP contribution in [0, 0.1) is 5.92 Å². The highest BCUT2D eigenvalue weighted by molar-refractivity contribution is 9.10. The second-order valence-corrected chi connectivity index (χ2v) is 5.84. The van der Waals surface area contributed by atoms with Crippen LogP contribution in [0.15, 0.2) is 22.7 Å². The van der Waals surface area contributed by atoms with E-state index >= 15 is 0 Å². The summed E-state index contributed by atoms with van der Waals surface area (Å²) in [6, 6.07) is 6.10. The lowest BCUT2D eigenvalue weighted by Gasteiger charge is -2.21. The van der Waals surface area contributed by atoms with Crippen molar-refractivity contribution in [1.82, 2.24) is 0 Å². The number of hydrogen-bond acceptors (Lipinski definition) is 2. The van der Waals surface area contributed by atoms with Gasteiger partial charge in [0.1, 0.15) is 5.75 Å². The van der Waals surface area contributed by atoms with Crippen molar-refractivity contribution in [2.45, 2.75) is 38.7 Å². The molecule has 18 heavy (non-hydrogen) atoms. The lowest BCUT2D eigenvalue weighted by molar-refractivity contribution is 0.0739. The summed E-state index contributed by atoms with van der Waals surface area (Å²) in [5.74, 6) is 1.64. The molecule has 0 bridgehead atoms. The van der Waals surface area contributed by atoms with Crippen LogP contribution >= 0.6 is 15.9 Å². The zero-order valence-corrected chi connectivity index (χ0v) is 12.5. The lowest BCUT2D eigenvalue weighted by atomic mass is 9.90. The van der Waals surface area contributed by atoms with Crippen LogP contribution < -0.4 is 4.74 Å². The molecule has 1 aliphatic rings. The molecule has 0 spiro atoms. The number of benzene rings is 1. The van der Waals surface area contributed by atoms with E-state index in [0.717, 1.165) is 22.7 Å². The van der Waals surface area contributed by atoms with E-state index in [0.29, 0.717) is 6.61 Å². The van der Waals surface area contributed by atoms with Gasteiger partial charge in [0.2, 0.25) is 0 Å². The van der Waals surface area contributed by atoms with Crippen LogP contribution in [-0.2, 0) is 11.3 Å². The first kappa shape index (κ1) is 13.9. The predicted molar refractivity (Wildman–Crippen MR) is 76.9 cm³/mol. The summed E-state index contributed by atoms with van der Waals surface area (Å²) < 4.78 is 12.0. The number of methoxy groups -OCH3 is 1. The number of ether oxygens (including phenoxy) is 2. The maximum atomic E-state index is 5.83. The summed E-state index contributed by atoms with van der Waals surface area (Å²) in [5.41, 5.74) is 1.19. The Labute approximate surface area is 118 Å². The third kappa shape index (κ3) is 3.99. The predicted octanol–water partition coefficient (Wildman–Crippen LogP) is 4.55. The second kappa shape index (κ2) is 7.15. The SMILES string of the molecule is COc1ccc(COCC2CCCCC2)cc1Br. The van der Waals surface area contributed by atoms with Crippen LogP contribution in [0.4, 0.5) is 0 Å². The molecule has 0 unspecified atom stereocenters. The summed E-state index contributed by atoms with van der Waals surface area (Å²) in [6.07, 6.45) is 6.84. The molecule has 1 saturated carbocycles. The van der Waals surface area contributed by atoms with E-state index in [1.165, 1.54) is 37.7 Å². The molecule has 1 aliphatic carbocycles. The number of halogens is 1. The van der Waals surface area contributed by atoms with Crippen molar-refractivity contribution in [3.63, 3.8) is 0 Å². The van der Waals surface area contributed by atoms with E-state index in [2.05, 4.69) is 28.1 Å². The molecular formula is C15H21BrO2. The summed E-state index contributed by atoms with van der Waals surface area (Å²) in [5, 5.41) is 0. The van der Waals surface area contributed by atoms with Crippen molar-refractivity contribution in [2.75, 3.05) is 13.7 Å². The minimum Gasteiger partial charge on any atom is -0.496 e. The first-order chi connectivity index (χ1) is 8.79. The fourth-order valence-corrected chi connectivity index (χ4v) is 3.08. The van der Waals surface area contributed by atoms with Crippen molar-refractivity contribution in [3.05, 3.63) is 28.2 Å². The molecule has 1 fully saturated rings. The Hall–Kier alpha value is -0.540. The van der Waals surface area contributed by atoms with Crippen LogP contribution in [0.25, 0.3) is 0 Å². The third-order valence-corrected chi connectivity index (χ3v) is 4.18. The molecule has 0 N–H and O–H groups in total. The second-order valence-electron chi connectivity index (χ2n) is 4.99. The van der Waals surface area contributed by atoms with E-state index in [1.54, 1.807) is 7.11 Å². The highest BCUT2D eigenvalue weighted by Crippen LogP contribution is 2.27. The number of rotatable bonds is 5. The monoisotopic (exact) mass is 312 g/mol. The fraction of sp³-hybridized carbons (Fsp3) is 0.600. The van der Waals surface area contributed by atoms with Crippen molar-refractivity contribution < 1.29 is 9.47 Å². The van der Waals surface area contributed by atoms with Gasteiger partial charge in [-0.3, -0.25) is 0 Å². The van der Waals surface area contributed by atoms with Crippen LogP contribution in [-0.4, -0.2) is 13.7 Å². The van der Waals surface area contributed by atoms with E-state index in [9.17, 15) is 0 Å². The minimum atomic E-state index is 0.694. The van der Waals surface area contributed by atoms with Gasteiger partial charge in [-0.15, -0.1) is 0 Å². The van der Waals surface area contributed by atoms with E-state index in [1.807, 2.05) is 6.07 Å². The average Bonchev–Trinajstić information content (AvgIpc) is 2.40. The quantitative estimate of drug-likeness (QED) is 0.793. The normalized spacial score (nSPS) is 16.8. The van der Waals surface area contributed by atoms with Crippen molar-refractivity contribution in [1.29, 1.82) is 0 Å². The van der Waals surface area contributed by atoms with Gasteiger partial charge < -0.3 is 9.47 Å². The maximum absolute atomic E-state index is 5.83. The minimum absolute atomic E-state index is 0.694. The van der Waals surface area contributed by atoms with E-state index in [-0.39, 0.29) is 0 Å². The Kier molecular flexibility index (Phi) is 5.51. The molecule has 0 heterocycles.